The summed E-state index contributed by atoms with van der Waals surface area (Å²) in [4.78, 5) is 36.7. The maximum Gasteiger partial charge on any atom is 0.338 e. The van der Waals surface area contributed by atoms with Gasteiger partial charge in [0.2, 0.25) is 0 Å². The van der Waals surface area contributed by atoms with Crippen molar-refractivity contribution in [2.45, 2.75) is 6.92 Å². The van der Waals surface area contributed by atoms with Crippen molar-refractivity contribution >= 4 is 23.3 Å². The van der Waals surface area contributed by atoms with Crippen LogP contribution in [0.4, 0.5) is 11.4 Å². The Hall–Kier alpha value is -5.42. The number of carbonyl (C=O) groups excluding carboxylic acids is 2. The van der Waals surface area contributed by atoms with Crippen molar-refractivity contribution in [2.24, 2.45) is 0 Å². The van der Waals surface area contributed by atoms with E-state index in [1.165, 1.54) is 0 Å². The zero-order valence-electron chi connectivity index (χ0n) is 25.7. The summed E-state index contributed by atoms with van der Waals surface area (Å²) < 4.78 is 14.2. The van der Waals surface area contributed by atoms with Crippen molar-refractivity contribution in [1.82, 2.24) is 24.0 Å². The summed E-state index contributed by atoms with van der Waals surface area (Å²) in [5.41, 5.74) is 4.85. The van der Waals surface area contributed by atoms with Gasteiger partial charge in [-0.1, -0.05) is 0 Å². The van der Waals surface area contributed by atoms with Gasteiger partial charge in [-0.2, -0.15) is 0 Å². The number of aromatic nitrogens is 4. The molecule has 1 amide bonds. The molecule has 0 unspecified atom stereocenters. The summed E-state index contributed by atoms with van der Waals surface area (Å²) in [6, 6.07) is 20.4. The minimum absolute atomic E-state index is 0.142. The molecule has 5 aromatic rings. The van der Waals surface area contributed by atoms with Gasteiger partial charge < -0.3 is 33.7 Å². The van der Waals surface area contributed by atoms with E-state index in [0.29, 0.717) is 17.7 Å². The normalized spacial score (nSPS) is 13.0. The first kappa shape index (κ1) is 31.0. The molecule has 6 rings (SSSR count). The van der Waals surface area contributed by atoms with Gasteiger partial charge in [-0.3, -0.25) is 4.79 Å². The predicted octanol–water partition coefficient (Wildman–Crippen LogP) is 4.93. The van der Waals surface area contributed by atoms with Crippen molar-refractivity contribution in [1.29, 1.82) is 0 Å². The van der Waals surface area contributed by atoms with Gasteiger partial charge >= 0.3 is 5.97 Å². The van der Waals surface area contributed by atoms with Crippen molar-refractivity contribution < 1.29 is 19.1 Å². The molecular formula is C34H37N7O4. The highest BCUT2D eigenvalue weighted by Crippen LogP contribution is 2.32. The van der Waals surface area contributed by atoms with Gasteiger partial charge in [-0.15, -0.1) is 0 Å². The molecule has 0 spiro atoms. The molecule has 3 heterocycles. The number of anilines is 2. The zero-order valence-corrected chi connectivity index (χ0v) is 25.7. The van der Waals surface area contributed by atoms with Crippen LogP contribution < -0.4 is 15.0 Å². The molecule has 1 fully saturated rings. The van der Waals surface area contributed by atoms with Crippen LogP contribution in [-0.2, 0) is 4.74 Å². The highest BCUT2D eigenvalue weighted by molar-refractivity contribution is 6.04. The summed E-state index contributed by atoms with van der Waals surface area (Å²) in [5, 5.41) is 3.00. The van der Waals surface area contributed by atoms with Crippen molar-refractivity contribution in [2.75, 3.05) is 57.2 Å². The summed E-state index contributed by atoms with van der Waals surface area (Å²) in [5.74, 6) is 0.383. The van der Waals surface area contributed by atoms with Gasteiger partial charge in [0.15, 0.2) is 0 Å². The molecule has 1 aliphatic rings. The number of methoxy groups -OCH3 is 1. The van der Waals surface area contributed by atoms with Crippen molar-refractivity contribution in [3.63, 3.8) is 0 Å². The lowest BCUT2D eigenvalue weighted by Gasteiger charge is -2.34. The van der Waals surface area contributed by atoms with E-state index in [1.807, 2.05) is 76.1 Å². The third-order valence-electron chi connectivity index (χ3n) is 7.39. The van der Waals surface area contributed by atoms with Crippen LogP contribution in [0.3, 0.4) is 0 Å². The predicted molar refractivity (Wildman–Crippen MR) is 174 cm³/mol. The number of hydrogen-bond donors (Lipinski definition) is 1. The molecule has 11 heteroatoms. The van der Waals surface area contributed by atoms with Crippen LogP contribution in [0.5, 0.6) is 5.75 Å². The first-order valence-corrected chi connectivity index (χ1v) is 14.7. The number of piperazine rings is 1. The third-order valence-corrected chi connectivity index (χ3v) is 7.39. The number of carbonyl (C=O) groups is 2. The van der Waals surface area contributed by atoms with E-state index in [1.54, 1.807) is 51.2 Å². The molecule has 0 saturated carbocycles. The fourth-order valence-corrected chi connectivity index (χ4v) is 4.86. The Kier molecular flexibility index (Phi) is 10.2. The highest BCUT2D eigenvalue weighted by Gasteiger charge is 2.19. The monoisotopic (exact) mass is 607 g/mol. The topological polar surface area (TPSA) is 107 Å². The zero-order chi connectivity index (χ0) is 31.6. The number of ether oxygens (including phenoxy) is 2. The van der Waals surface area contributed by atoms with Crippen LogP contribution in [0.1, 0.15) is 27.6 Å². The first-order valence-electron chi connectivity index (χ1n) is 14.7. The summed E-state index contributed by atoms with van der Waals surface area (Å²) in [7, 11) is 3.80. The van der Waals surface area contributed by atoms with E-state index in [4.69, 9.17) is 9.47 Å². The molecule has 11 nitrogen and oxygen atoms in total. The summed E-state index contributed by atoms with van der Waals surface area (Å²) >= 11 is 0. The maximum atomic E-state index is 12.7. The Morgan fingerprint density at radius 3 is 1.89 bits per heavy atom. The second-order valence-electron chi connectivity index (χ2n) is 10.4. The Morgan fingerprint density at radius 2 is 1.38 bits per heavy atom. The molecule has 0 atom stereocenters. The van der Waals surface area contributed by atoms with E-state index in [0.717, 1.165) is 54.7 Å². The molecule has 0 aliphatic carbocycles. The van der Waals surface area contributed by atoms with Crippen molar-refractivity contribution in [3.8, 4) is 17.1 Å². The number of benzene rings is 3. The van der Waals surface area contributed by atoms with E-state index in [2.05, 4.69) is 32.1 Å². The summed E-state index contributed by atoms with van der Waals surface area (Å²) in [6.45, 7) is 6.05. The minimum atomic E-state index is -0.292. The van der Waals surface area contributed by atoms with E-state index >= 15 is 0 Å². The average molecular weight is 608 g/mol. The average Bonchev–Trinajstić information content (AvgIpc) is 3.82. The van der Waals surface area contributed by atoms with Crippen LogP contribution in [0.15, 0.2) is 104 Å². The Balaban J connectivity index is 0.000000211. The van der Waals surface area contributed by atoms with E-state index in [9.17, 15) is 9.59 Å². The van der Waals surface area contributed by atoms with Crippen LogP contribution >= 0.6 is 0 Å². The molecule has 1 aliphatic heterocycles. The molecule has 2 aromatic heterocycles. The fraction of sp³-hybridized carbons (Fsp3) is 0.235. The van der Waals surface area contributed by atoms with Gasteiger partial charge in [-0.05, 0) is 80.7 Å². The minimum Gasteiger partial charge on any atom is -0.495 e. The Morgan fingerprint density at radius 1 is 0.800 bits per heavy atom. The molecule has 232 valence electrons. The number of rotatable bonds is 8. The summed E-state index contributed by atoms with van der Waals surface area (Å²) in [6.07, 6.45) is 10.6. The van der Waals surface area contributed by atoms with Gasteiger partial charge in [0, 0.05) is 73.6 Å². The Labute approximate surface area is 262 Å². The van der Waals surface area contributed by atoms with Crippen LogP contribution in [-0.4, -0.2) is 82.8 Å². The van der Waals surface area contributed by atoms with E-state index < -0.39 is 0 Å². The number of nitrogens with zero attached hydrogens (tertiary/aromatic N) is 6. The van der Waals surface area contributed by atoms with Gasteiger partial charge in [0.05, 0.1) is 37.6 Å². The van der Waals surface area contributed by atoms with Gasteiger partial charge in [0.1, 0.15) is 5.75 Å². The molecule has 1 saturated heterocycles. The number of esters is 1. The smallest absolute Gasteiger partial charge is 0.338 e. The standard InChI is InChI=1S/C22H25N5O2.C12H12N2O2/c1-25-11-13-26(14-12-25)20-15-18(5-8-21(20)29-2)24-22(28)17-3-6-19(7-4-17)27-10-9-23-16-27;1-2-16-12(15)10-3-5-11(6-4-10)14-8-7-13-9-14/h3-10,15-16H,11-14H2,1-2H3,(H,24,28);3-9H,2H2,1H3. The fourth-order valence-electron chi connectivity index (χ4n) is 4.86. The van der Waals surface area contributed by atoms with Crippen LogP contribution in [0.25, 0.3) is 11.4 Å². The maximum absolute atomic E-state index is 12.7. The molecule has 0 bridgehead atoms. The number of hydrogen-bond acceptors (Lipinski definition) is 8. The lowest BCUT2D eigenvalue weighted by atomic mass is 10.1. The molecule has 1 N–H and O–H groups in total. The first-order chi connectivity index (χ1) is 21.9. The second-order valence-corrected chi connectivity index (χ2v) is 10.4. The van der Waals surface area contributed by atoms with E-state index in [-0.39, 0.29) is 11.9 Å². The lowest BCUT2D eigenvalue weighted by molar-refractivity contribution is 0.0526. The molecular weight excluding hydrogens is 570 g/mol. The van der Waals surface area contributed by atoms with Gasteiger partial charge in [0.25, 0.3) is 5.91 Å². The van der Waals surface area contributed by atoms with Crippen molar-refractivity contribution in [3.05, 3.63) is 115 Å². The SMILES string of the molecule is CCOC(=O)c1ccc(-n2ccnc2)cc1.COc1ccc(NC(=O)c2ccc(-n3ccnc3)cc2)cc1N1CCN(C)CC1. The van der Waals surface area contributed by atoms with Crippen LogP contribution in [0, 0.1) is 0 Å². The number of amides is 1. The molecule has 0 radical (unpaired) electrons. The number of likely N-dealkylation sites (N-methyl/N-ethyl adjacent to an activating group) is 1. The Bertz CT molecular complexity index is 1660. The molecule has 3 aromatic carbocycles. The molecule has 45 heavy (non-hydrogen) atoms. The van der Waals surface area contributed by atoms with Crippen LogP contribution in [0.2, 0.25) is 0 Å². The largest absolute Gasteiger partial charge is 0.495 e. The third kappa shape index (κ3) is 7.95. The quantitative estimate of drug-likeness (QED) is 0.248. The second kappa shape index (κ2) is 14.8. The highest BCUT2D eigenvalue weighted by atomic mass is 16.5. The number of imidazole rings is 2. The number of nitrogens with one attached hydrogen (secondary N) is 1. The van der Waals surface area contributed by atoms with Gasteiger partial charge in [-0.25, -0.2) is 14.8 Å². The lowest BCUT2D eigenvalue weighted by Crippen LogP contribution is -2.44.